The van der Waals surface area contributed by atoms with E-state index in [0.717, 1.165) is 37.1 Å². The molecule has 1 saturated heterocycles. The zero-order valence-electron chi connectivity index (χ0n) is 25.4. The Hall–Kier alpha value is -2.52. The number of likely N-dealkylation sites (N-methyl/N-ethyl adjacent to an activating group) is 1. The van der Waals surface area contributed by atoms with Gasteiger partial charge in [0, 0.05) is 18.2 Å². The maximum atomic E-state index is 14.2. The fourth-order valence-corrected chi connectivity index (χ4v) is 5.63. The molecule has 1 aliphatic heterocycles. The summed E-state index contributed by atoms with van der Waals surface area (Å²) in [6, 6.07) is -1.63. The number of nitrogens with one attached hydrogen (secondary N) is 1. The van der Waals surface area contributed by atoms with Gasteiger partial charge in [-0.2, -0.15) is 0 Å². The Balaban J connectivity index is 2.33. The number of rotatable bonds is 16. The van der Waals surface area contributed by atoms with Crippen LogP contribution in [-0.4, -0.2) is 82.8 Å². The number of aliphatic hydroxyl groups excluding tert-OH is 1. The van der Waals surface area contributed by atoms with E-state index in [1.54, 1.807) is 12.3 Å². The average molecular weight is 593 g/mol. The monoisotopic (exact) mass is 592 g/mol. The number of hydrogen-bond donors (Lipinski definition) is 2. The van der Waals surface area contributed by atoms with Crippen molar-refractivity contribution in [2.24, 2.45) is 11.8 Å². The minimum Gasteiger partial charge on any atom is -0.461 e. The van der Waals surface area contributed by atoms with Crippen molar-refractivity contribution in [2.45, 2.75) is 104 Å². The van der Waals surface area contributed by atoms with E-state index in [2.05, 4.69) is 16.2 Å². The van der Waals surface area contributed by atoms with Crippen molar-refractivity contribution >= 4 is 29.1 Å². The molecule has 11 heteroatoms. The Labute approximate surface area is 249 Å². The molecule has 230 valence electrons. The van der Waals surface area contributed by atoms with Crippen LogP contribution in [0.1, 0.15) is 101 Å². The Morgan fingerprint density at radius 1 is 1.29 bits per heavy atom. The van der Waals surface area contributed by atoms with Gasteiger partial charge >= 0.3 is 5.97 Å². The summed E-state index contributed by atoms with van der Waals surface area (Å²) >= 11 is 1.16. The molecule has 0 aromatic carbocycles. The number of hydrogen-bond acceptors (Lipinski definition) is 9. The van der Waals surface area contributed by atoms with E-state index in [-0.39, 0.29) is 55.0 Å². The number of thiazole rings is 1. The fraction of sp³-hybridized carbons (Fsp3) is 0.733. The highest BCUT2D eigenvalue weighted by Crippen LogP contribution is 2.29. The summed E-state index contributed by atoms with van der Waals surface area (Å²) in [5.41, 5.74) is 0.137. The van der Waals surface area contributed by atoms with Crippen molar-refractivity contribution in [3.05, 3.63) is 16.1 Å². The standard InChI is InChI=1S/C30H48N4O6S/c1-8-11-14-17-40-34(24(20(4)5)18-25(35)28-31-22(19-41-28)30(38)39-10-3)29(37)26(21(6)9-2)32-27(36)23-15-12-13-16-33(23)7/h1,19-21,23-26,35H,9-18H2,2-7H3,(H,32,36)/t21-,23?,24+,25+,26-/m0/s1. The van der Waals surface area contributed by atoms with E-state index in [4.69, 9.17) is 16.0 Å². The van der Waals surface area contributed by atoms with Gasteiger partial charge in [-0.15, -0.1) is 23.7 Å². The number of ether oxygens (including phenoxy) is 1. The number of likely N-dealkylation sites (tertiary alicyclic amines) is 1. The highest BCUT2D eigenvalue weighted by atomic mass is 32.1. The predicted octanol–water partition coefficient (Wildman–Crippen LogP) is 3.96. The maximum absolute atomic E-state index is 14.2. The second-order valence-corrected chi connectivity index (χ2v) is 11.9. The third-order valence-electron chi connectivity index (χ3n) is 7.59. The van der Waals surface area contributed by atoms with Crippen molar-refractivity contribution in [2.75, 3.05) is 26.8 Å². The third-order valence-corrected chi connectivity index (χ3v) is 8.54. The third kappa shape index (κ3) is 10.1. The van der Waals surface area contributed by atoms with Crippen molar-refractivity contribution in [1.82, 2.24) is 20.3 Å². The topological polar surface area (TPSA) is 121 Å². The summed E-state index contributed by atoms with van der Waals surface area (Å²) < 4.78 is 5.01. The number of carbonyl (C=O) groups excluding carboxylic acids is 3. The number of unbranched alkanes of at least 4 members (excludes halogenated alkanes) is 1. The van der Waals surface area contributed by atoms with Gasteiger partial charge in [-0.25, -0.2) is 14.8 Å². The molecular weight excluding hydrogens is 544 g/mol. The van der Waals surface area contributed by atoms with E-state index >= 15 is 0 Å². The molecule has 0 saturated carbocycles. The first kappa shape index (κ1) is 34.7. The molecular formula is C30H48N4O6S. The lowest BCUT2D eigenvalue weighted by Gasteiger charge is -2.38. The van der Waals surface area contributed by atoms with Gasteiger partial charge in [0.15, 0.2) is 5.69 Å². The molecule has 2 amide bonds. The minimum atomic E-state index is -1.05. The molecule has 41 heavy (non-hydrogen) atoms. The molecule has 1 unspecified atom stereocenters. The highest BCUT2D eigenvalue weighted by molar-refractivity contribution is 7.09. The Morgan fingerprint density at radius 2 is 2.02 bits per heavy atom. The van der Waals surface area contributed by atoms with Gasteiger partial charge in [0.05, 0.1) is 25.3 Å². The lowest BCUT2D eigenvalue weighted by atomic mass is 9.93. The first-order valence-corrected chi connectivity index (χ1v) is 15.6. The number of terminal acetylenes is 1. The van der Waals surface area contributed by atoms with Crippen LogP contribution >= 0.6 is 11.3 Å². The molecule has 1 aromatic heterocycles. The van der Waals surface area contributed by atoms with Gasteiger partial charge in [0.2, 0.25) is 5.91 Å². The van der Waals surface area contributed by atoms with Crippen LogP contribution in [0.15, 0.2) is 5.38 Å². The van der Waals surface area contributed by atoms with Gasteiger partial charge < -0.3 is 15.2 Å². The van der Waals surface area contributed by atoms with E-state index in [1.807, 2.05) is 39.6 Å². The van der Waals surface area contributed by atoms with Gasteiger partial charge in [0.25, 0.3) is 5.91 Å². The van der Waals surface area contributed by atoms with Crippen LogP contribution in [0.3, 0.4) is 0 Å². The van der Waals surface area contributed by atoms with Crippen molar-refractivity contribution < 1.29 is 29.1 Å². The number of amides is 2. The van der Waals surface area contributed by atoms with E-state index in [0.29, 0.717) is 24.3 Å². The molecule has 10 nitrogen and oxygen atoms in total. The number of carbonyl (C=O) groups is 3. The molecule has 5 atom stereocenters. The van der Waals surface area contributed by atoms with Gasteiger partial charge in [0.1, 0.15) is 17.2 Å². The molecule has 1 aliphatic rings. The molecule has 2 N–H and O–H groups in total. The van der Waals surface area contributed by atoms with Crippen LogP contribution in [0.5, 0.6) is 0 Å². The molecule has 0 aliphatic carbocycles. The number of aromatic nitrogens is 1. The first-order valence-electron chi connectivity index (χ1n) is 14.8. The predicted molar refractivity (Wildman–Crippen MR) is 159 cm³/mol. The Kier molecular flexibility index (Phi) is 14.8. The summed E-state index contributed by atoms with van der Waals surface area (Å²) in [5.74, 6) is 1.26. The lowest BCUT2D eigenvalue weighted by Crippen LogP contribution is -2.58. The summed E-state index contributed by atoms with van der Waals surface area (Å²) in [5, 5.41) is 17.4. The second kappa shape index (κ2) is 17.4. The number of hydroxylamine groups is 2. The molecule has 2 rings (SSSR count). The Morgan fingerprint density at radius 3 is 2.63 bits per heavy atom. The van der Waals surface area contributed by atoms with Crippen molar-refractivity contribution in [3.63, 3.8) is 0 Å². The smallest absolute Gasteiger partial charge is 0.357 e. The number of nitrogens with zero attached hydrogens (tertiary/aromatic N) is 3. The fourth-order valence-electron chi connectivity index (χ4n) is 4.84. The van der Waals surface area contributed by atoms with Crippen molar-refractivity contribution in [1.29, 1.82) is 0 Å². The van der Waals surface area contributed by atoms with Crippen LogP contribution in [0, 0.1) is 24.2 Å². The molecule has 2 heterocycles. The van der Waals surface area contributed by atoms with Crippen molar-refractivity contribution in [3.8, 4) is 12.3 Å². The molecule has 1 fully saturated rings. The summed E-state index contributed by atoms with van der Waals surface area (Å²) in [7, 11) is 1.94. The lowest BCUT2D eigenvalue weighted by molar-refractivity contribution is -0.212. The quantitative estimate of drug-likeness (QED) is 0.128. The first-order chi connectivity index (χ1) is 19.5. The average Bonchev–Trinajstić information content (AvgIpc) is 3.45. The zero-order valence-corrected chi connectivity index (χ0v) is 26.2. The maximum Gasteiger partial charge on any atom is 0.357 e. The van der Waals surface area contributed by atoms with Crippen LogP contribution in [-0.2, 0) is 19.2 Å². The number of aliphatic hydroxyl groups is 1. The largest absolute Gasteiger partial charge is 0.461 e. The highest BCUT2D eigenvalue weighted by Gasteiger charge is 2.39. The number of piperidine rings is 1. The van der Waals surface area contributed by atoms with Crippen LogP contribution in [0.4, 0.5) is 0 Å². The van der Waals surface area contributed by atoms with Gasteiger partial charge in [-0.05, 0) is 51.6 Å². The number of esters is 1. The molecule has 0 radical (unpaired) electrons. The van der Waals surface area contributed by atoms with E-state index < -0.39 is 24.2 Å². The van der Waals surface area contributed by atoms with Gasteiger partial charge in [-0.3, -0.25) is 19.3 Å². The molecule has 1 aromatic rings. The molecule has 0 spiro atoms. The normalized spacial score (nSPS) is 18.7. The summed E-state index contributed by atoms with van der Waals surface area (Å²) in [4.78, 5) is 52.1. The SMILES string of the molecule is C#CCCCON(C(=O)[C@@H](NC(=O)C1CCCCN1C)[C@@H](C)CC)[C@H](C[C@@H](O)c1nc(C(=O)OCC)cs1)C(C)C. The van der Waals surface area contributed by atoms with E-state index in [9.17, 15) is 19.5 Å². The Bertz CT molecular complexity index is 1020. The van der Waals surface area contributed by atoms with Crippen LogP contribution < -0.4 is 5.32 Å². The van der Waals surface area contributed by atoms with Crippen LogP contribution in [0.2, 0.25) is 0 Å². The van der Waals surface area contributed by atoms with Gasteiger partial charge in [-0.1, -0.05) is 40.5 Å². The zero-order chi connectivity index (χ0) is 30.5. The van der Waals surface area contributed by atoms with E-state index in [1.165, 1.54) is 5.06 Å². The van der Waals surface area contributed by atoms with Crippen LogP contribution in [0.25, 0.3) is 0 Å². The molecule has 0 bridgehead atoms. The second-order valence-electron chi connectivity index (χ2n) is 11.0. The summed E-state index contributed by atoms with van der Waals surface area (Å²) in [6.45, 7) is 10.8. The minimum absolute atomic E-state index is 0.108. The summed E-state index contributed by atoms with van der Waals surface area (Å²) in [6.07, 6.45) is 8.98.